The molecule has 7 heteroatoms. The van der Waals surface area contributed by atoms with Crippen molar-refractivity contribution in [2.45, 2.75) is 82.7 Å². The fraction of sp³-hybridized carbons (Fsp3) is 0.583. The third kappa shape index (κ3) is 4.93. The number of nitrogens with one attached hydrogen (secondary N) is 2. The van der Waals surface area contributed by atoms with Gasteiger partial charge in [-0.3, -0.25) is 9.59 Å². The highest BCUT2D eigenvalue weighted by Crippen LogP contribution is 2.32. The van der Waals surface area contributed by atoms with Gasteiger partial charge in [0.15, 0.2) is 0 Å². The molecule has 2 heterocycles. The number of carbonyl (C=O) groups is 2. The van der Waals surface area contributed by atoms with Gasteiger partial charge in [0.05, 0.1) is 5.60 Å². The quantitative estimate of drug-likeness (QED) is 0.649. The Balaban J connectivity index is 1.44. The van der Waals surface area contributed by atoms with E-state index in [0.717, 1.165) is 37.0 Å². The highest BCUT2D eigenvalue weighted by atomic mass is 16.5. The Hall–Kier alpha value is -2.38. The van der Waals surface area contributed by atoms with E-state index in [2.05, 4.69) is 17.2 Å². The number of ether oxygens (including phenoxy) is 1. The van der Waals surface area contributed by atoms with Gasteiger partial charge in [-0.25, -0.2) is 0 Å². The summed E-state index contributed by atoms with van der Waals surface area (Å²) in [5, 5.41) is 16.3. The summed E-state index contributed by atoms with van der Waals surface area (Å²) < 4.78 is 6.34. The number of benzene rings is 1. The first-order valence-corrected chi connectivity index (χ1v) is 11.3. The van der Waals surface area contributed by atoms with Gasteiger partial charge >= 0.3 is 0 Å². The first-order chi connectivity index (χ1) is 14.7. The van der Waals surface area contributed by atoms with Crippen molar-refractivity contribution in [3.63, 3.8) is 0 Å². The molecule has 168 valence electrons. The molecule has 3 N–H and O–H groups in total. The molecular weight excluding hydrogens is 394 g/mol. The zero-order valence-corrected chi connectivity index (χ0v) is 18.4. The number of carbonyl (C=O) groups excluding carboxylic acids is 2. The fourth-order valence-corrected chi connectivity index (χ4v) is 4.73. The molecule has 1 aromatic rings. The number of amides is 2. The van der Waals surface area contributed by atoms with Gasteiger partial charge in [0.25, 0.3) is 5.91 Å². The van der Waals surface area contributed by atoms with Crippen LogP contribution in [-0.2, 0) is 11.3 Å². The van der Waals surface area contributed by atoms with Crippen LogP contribution >= 0.6 is 0 Å². The van der Waals surface area contributed by atoms with Crippen LogP contribution in [0.5, 0.6) is 5.75 Å². The molecule has 0 radical (unpaired) electrons. The molecule has 2 amide bonds. The third-order valence-electron chi connectivity index (χ3n) is 6.39. The Bertz CT molecular complexity index is 876. The molecule has 3 atom stereocenters. The van der Waals surface area contributed by atoms with E-state index in [9.17, 15) is 14.7 Å². The molecule has 7 nitrogen and oxygen atoms in total. The number of aliphatic hydroxyl groups is 1. The van der Waals surface area contributed by atoms with Gasteiger partial charge < -0.3 is 25.4 Å². The lowest BCUT2D eigenvalue weighted by molar-refractivity contribution is -0.126. The Labute approximate surface area is 183 Å². The van der Waals surface area contributed by atoms with Crippen LogP contribution < -0.4 is 15.4 Å². The van der Waals surface area contributed by atoms with E-state index >= 15 is 0 Å². The van der Waals surface area contributed by atoms with E-state index < -0.39 is 11.6 Å². The number of nitrogens with zero attached hydrogens (tertiary/aromatic N) is 1. The minimum Gasteiger partial charge on any atom is -0.489 e. The lowest BCUT2D eigenvalue weighted by Gasteiger charge is -2.34. The minimum atomic E-state index is -0.767. The Morgan fingerprint density at radius 1 is 1.26 bits per heavy atom. The summed E-state index contributed by atoms with van der Waals surface area (Å²) in [6.07, 6.45) is 5.54. The van der Waals surface area contributed by atoms with E-state index in [1.807, 2.05) is 18.2 Å². The second-order valence-electron chi connectivity index (χ2n) is 9.64. The molecular formula is C24H33N3O4. The molecule has 31 heavy (non-hydrogen) atoms. The average Bonchev–Trinajstić information content (AvgIpc) is 3.02. The maximum atomic E-state index is 12.9. The molecule has 0 bridgehead atoms. The fourth-order valence-electron chi connectivity index (χ4n) is 4.73. The number of hydrogen-bond donors (Lipinski definition) is 3. The van der Waals surface area contributed by atoms with Gasteiger partial charge in [-0.1, -0.05) is 13.0 Å². The first-order valence-electron chi connectivity index (χ1n) is 11.3. The molecule has 3 unspecified atom stereocenters. The van der Waals surface area contributed by atoms with Crippen LogP contribution in [0, 0.1) is 0 Å². The molecule has 1 aromatic carbocycles. The van der Waals surface area contributed by atoms with Crippen LogP contribution in [0.1, 0.15) is 68.3 Å². The summed E-state index contributed by atoms with van der Waals surface area (Å²) in [7, 11) is 0. The molecule has 0 aromatic heterocycles. The molecule has 3 aliphatic rings. The topological polar surface area (TPSA) is 90.9 Å². The standard InChI is InChI=1S/C24H33N3O4/c1-15-8-11-20(22(28)26-15)27-13-16-12-17(9-10-18(16)23(27)29)31-21-7-5-4-6-19(21)25-14-24(2,3)30/h9-10,12,19-21,25,30H,1,4-8,11,13-14H2,2-3H3,(H,26,28). The van der Waals surface area contributed by atoms with Gasteiger partial charge in [0.1, 0.15) is 17.9 Å². The van der Waals surface area contributed by atoms with Crippen molar-refractivity contribution in [2.24, 2.45) is 0 Å². The summed E-state index contributed by atoms with van der Waals surface area (Å²) in [5.74, 6) is 0.491. The Morgan fingerprint density at radius 3 is 2.77 bits per heavy atom. The van der Waals surface area contributed by atoms with Crippen molar-refractivity contribution in [1.82, 2.24) is 15.5 Å². The highest BCUT2D eigenvalue weighted by molar-refractivity contribution is 6.01. The SMILES string of the molecule is C=C1CCC(N2Cc3cc(OC4CCCCC4NCC(C)(C)O)ccc3C2=O)C(=O)N1. The smallest absolute Gasteiger partial charge is 0.255 e. The Kier molecular flexibility index (Phi) is 6.08. The summed E-state index contributed by atoms with van der Waals surface area (Å²) in [6.45, 7) is 8.34. The zero-order chi connectivity index (χ0) is 22.2. The van der Waals surface area contributed by atoms with Crippen LogP contribution in [0.15, 0.2) is 30.5 Å². The second-order valence-corrected chi connectivity index (χ2v) is 9.64. The van der Waals surface area contributed by atoms with Crippen LogP contribution in [0.25, 0.3) is 0 Å². The molecule has 1 saturated carbocycles. The van der Waals surface area contributed by atoms with Crippen LogP contribution in [0.2, 0.25) is 0 Å². The predicted molar refractivity (Wildman–Crippen MR) is 118 cm³/mol. The van der Waals surface area contributed by atoms with Gasteiger partial charge in [-0.05, 0) is 69.7 Å². The third-order valence-corrected chi connectivity index (χ3v) is 6.39. The second kappa shape index (κ2) is 8.63. The molecule has 2 fully saturated rings. The van der Waals surface area contributed by atoms with Crippen molar-refractivity contribution >= 4 is 11.8 Å². The number of rotatable bonds is 6. The van der Waals surface area contributed by atoms with Crippen LogP contribution in [-0.4, -0.2) is 52.2 Å². The van der Waals surface area contributed by atoms with Crippen molar-refractivity contribution < 1.29 is 19.4 Å². The van der Waals surface area contributed by atoms with Crippen molar-refractivity contribution in [2.75, 3.05) is 6.54 Å². The minimum absolute atomic E-state index is 0.0255. The zero-order valence-electron chi connectivity index (χ0n) is 18.4. The number of piperidine rings is 1. The summed E-state index contributed by atoms with van der Waals surface area (Å²) in [4.78, 5) is 26.9. The lowest BCUT2D eigenvalue weighted by Crippen LogP contribution is -2.49. The average molecular weight is 428 g/mol. The molecule has 1 saturated heterocycles. The number of hydrogen-bond acceptors (Lipinski definition) is 5. The number of fused-ring (bicyclic) bond motifs is 1. The van der Waals surface area contributed by atoms with Crippen molar-refractivity contribution in [1.29, 1.82) is 0 Å². The van der Waals surface area contributed by atoms with E-state index in [-0.39, 0.29) is 24.0 Å². The van der Waals surface area contributed by atoms with Gasteiger partial charge in [-0.15, -0.1) is 0 Å². The normalized spacial score (nSPS) is 26.6. The van der Waals surface area contributed by atoms with Gasteiger partial charge in [-0.2, -0.15) is 0 Å². The summed E-state index contributed by atoms with van der Waals surface area (Å²) in [5.41, 5.74) is 1.49. The van der Waals surface area contributed by atoms with Gasteiger partial charge in [0.2, 0.25) is 5.91 Å². The molecule has 0 spiro atoms. The summed E-state index contributed by atoms with van der Waals surface area (Å²) in [6, 6.07) is 5.34. The highest BCUT2D eigenvalue weighted by Gasteiger charge is 2.38. The van der Waals surface area contributed by atoms with Crippen molar-refractivity contribution in [3.05, 3.63) is 41.6 Å². The molecule has 1 aliphatic carbocycles. The summed E-state index contributed by atoms with van der Waals surface area (Å²) >= 11 is 0. The largest absolute Gasteiger partial charge is 0.489 e. The maximum Gasteiger partial charge on any atom is 0.255 e. The first kappa shape index (κ1) is 21.8. The predicted octanol–water partition coefficient (Wildman–Crippen LogP) is 2.49. The van der Waals surface area contributed by atoms with Crippen molar-refractivity contribution in [3.8, 4) is 5.75 Å². The van der Waals surface area contributed by atoms with E-state index in [4.69, 9.17) is 4.74 Å². The van der Waals surface area contributed by atoms with E-state index in [1.54, 1.807) is 18.7 Å². The monoisotopic (exact) mass is 427 g/mol. The van der Waals surface area contributed by atoms with E-state index in [0.29, 0.717) is 37.2 Å². The molecule has 2 aliphatic heterocycles. The van der Waals surface area contributed by atoms with Crippen LogP contribution in [0.4, 0.5) is 0 Å². The van der Waals surface area contributed by atoms with Crippen LogP contribution in [0.3, 0.4) is 0 Å². The lowest BCUT2D eigenvalue weighted by atomic mass is 9.91. The number of allylic oxidation sites excluding steroid dienone is 1. The Morgan fingerprint density at radius 2 is 2.03 bits per heavy atom. The maximum absolute atomic E-state index is 12.9. The van der Waals surface area contributed by atoms with E-state index in [1.165, 1.54) is 0 Å². The molecule has 4 rings (SSSR count). The van der Waals surface area contributed by atoms with Gasteiger partial charge in [0, 0.05) is 30.4 Å².